The second-order valence-corrected chi connectivity index (χ2v) is 10.3. The first kappa shape index (κ1) is 25.9. The van der Waals surface area contributed by atoms with Gasteiger partial charge in [-0.05, 0) is 43.5 Å². The summed E-state index contributed by atoms with van der Waals surface area (Å²) in [6.45, 7) is 5.78. The number of hydrogen-bond donors (Lipinski definition) is 1. The van der Waals surface area contributed by atoms with Crippen LogP contribution in [0.2, 0.25) is 5.02 Å². The molecule has 0 aliphatic rings. The largest absolute Gasteiger partial charge is 0.424 e. The number of aryl methyl sites for hydroxylation is 2. The van der Waals surface area contributed by atoms with E-state index >= 15 is 0 Å². The number of fused-ring (bicyclic) bond motifs is 1. The molecule has 0 saturated carbocycles. The summed E-state index contributed by atoms with van der Waals surface area (Å²) in [6, 6.07) is 9.62. The van der Waals surface area contributed by atoms with Gasteiger partial charge in [0.25, 0.3) is 0 Å². The Morgan fingerprint density at radius 2 is 1.82 bits per heavy atom. The van der Waals surface area contributed by atoms with Crippen molar-refractivity contribution < 1.29 is 22.4 Å². The fraction of sp³-hybridized carbons (Fsp3) is 0.360. The van der Waals surface area contributed by atoms with Crippen LogP contribution in [0.15, 0.2) is 56.6 Å². The summed E-state index contributed by atoms with van der Waals surface area (Å²) in [4.78, 5) is 25.0. The van der Waals surface area contributed by atoms with Gasteiger partial charge in [-0.2, -0.15) is 4.72 Å². The normalized spacial score (nSPS) is 12.6. The third kappa shape index (κ3) is 6.25. The van der Waals surface area contributed by atoms with Crippen LogP contribution in [-0.2, 0) is 21.2 Å². The first-order valence-corrected chi connectivity index (χ1v) is 13.1. The Balaban J connectivity index is 1.89. The minimum atomic E-state index is -3.95. The smallest absolute Gasteiger partial charge is 0.336 e. The van der Waals surface area contributed by atoms with Crippen LogP contribution in [-0.4, -0.2) is 20.4 Å². The minimum absolute atomic E-state index is 0.00741. The maximum atomic E-state index is 13.0. The van der Waals surface area contributed by atoms with Gasteiger partial charge < -0.3 is 9.15 Å². The Morgan fingerprint density at radius 1 is 1.12 bits per heavy atom. The molecule has 0 bridgehead atoms. The van der Waals surface area contributed by atoms with E-state index in [2.05, 4.69) is 4.72 Å². The number of hydrogen-bond acceptors (Lipinski definition) is 6. The van der Waals surface area contributed by atoms with Gasteiger partial charge in [0, 0.05) is 17.5 Å². The van der Waals surface area contributed by atoms with E-state index in [-0.39, 0.29) is 27.7 Å². The summed E-state index contributed by atoms with van der Waals surface area (Å²) >= 11 is 6.38. The molecule has 0 spiro atoms. The zero-order valence-electron chi connectivity index (χ0n) is 19.4. The van der Waals surface area contributed by atoms with Crippen LogP contribution in [0.1, 0.15) is 50.7 Å². The molecule has 3 rings (SSSR count). The first-order valence-electron chi connectivity index (χ1n) is 11.2. The van der Waals surface area contributed by atoms with E-state index in [0.29, 0.717) is 18.2 Å². The summed E-state index contributed by atoms with van der Waals surface area (Å²) < 4.78 is 38.9. The van der Waals surface area contributed by atoms with E-state index < -0.39 is 27.7 Å². The summed E-state index contributed by atoms with van der Waals surface area (Å²) in [5.41, 5.74) is 1.44. The number of sulfonamides is 1. The highest BCUT2D eigenvalue weighted by molar-refractivity contribution is 7.89. The Morgan fingerprint density at radius 3 is 2.47 bits per heavy atom. The average Bonchev–Trinajstić information content (AvgIpc) is 2.78. The second-order valence-electron chi connectivity index (χ2n) is 8.17. The van der Waals surface area contributed by atoms with Gasteiger partial charge in [-0.15, -0.1) is 0 Å². The Kier molecular flexibility index (Phi) is 8.52. The van der Waals surface area contributed by atoms with Gasteiger partial charge >= 0.3 is 11.6 Å². The Labute approximate surface area is 204 Å². The molecule has 7 nitrogen and oxygen atoms in total. The Bertz CT molecular complexity index is 1330. The van der Waals surface area contributed by atoms with Gasteiger partial charge in [0.15, 0.2) is 5.75 Å². The van der Waals surface area contributed by atoms with Crippen molar-refractivity contribution in [2.24, 2.45) is 0 Å². The predicted octanol–water partition coefficient (Wildman–Crippen LogP) is 5.15. The average molecular weight is 506 g/mol. The zero-order valence-corrected chi connectivity index (χ0v) is 21.0. The second kappa shape index (κ2) is 11.2. The number of esters is 1. The van der Waals surface area contributed by atoms with Gasteiger partial charge in [0.1, 0.15) is 11.6 Å². The van der Waals surface area contributed by atoms with Crippen LogP contribution < -0.4 is 15.1 Å². The predicted molar refractivity (Wildman–Crippen MR) is 132 cm³/mol. The van der Waals surface area contributed by atoms with Crippen LogP contribution in [0.4, 0.5) is 0 Å². The summed E-state index contributed by atoms with van der Waals surface area (Å²) in [5, 5.41) is 0.816. The minimum Gasteiger partial charge on any atom is -0.424 e. The number of ether oxygens (including phenoxy) is 1. The molecule has 0 amide bonds. The van der Waals surface area contributed by atoms with Crippen molar-refractivity contribution in [1.82, 2.24) is 4.72 Å². The summed E-state index contributed by atoms with van der Waals surface area (Å²) in [7, 11) is -3.95. The van der Waals surface area contributed by atoms with E-state index in [1.165, 1.54) is 24.3 Å². The quantitative estimate of drug-likeness (QED) is 0.232. The number of rotatable bonds is 10. The van der Waals surface area contributed by atoms with Crippen molar-refractivity contribution in [1.29, 1.82) is 0 Å². The van der Waals surface area contributed by atoms with Crippen molar-refractivity contribution in [3.63, 3.8) is 0 Å². The summed E-state index contributed by atoms with van der Waals surface area (Å²) in [6.07, 6.45) is 3.11. The van der Waals surface area contributed by atoms with E-state index in [4.69, 9.17) is 20.8 Å². The molecule has 0 fully saturated rings. The highest BCUT2D eigenvalue weighted by Gasteiger charge is 2.28. The number of carbonyl (C=O) groups is 1. The number of halogens is 1. The van der Waals surface area contributed by atoms with Crippen LogP contribution in [0.5, 0.6) is 5.75 Å². The molecule has 182 valence electrons. The highest BCUT2D eigenvalue weighted by Crippen LogP contribution is 2.32. The van der Waals surface area contributed by atoms with Crippen LogP contribution in [0.25, 0.3) is 11.0 Å². The molecule has 1 N–H and O–H groups in total. The molecule has 1 aromatic heterocycles. The van der Waals surface area contributed by atoms with Crippen molar-refractivity contribution >= 4 is 38.6 Å². The molecular formula is C25H28ClNO6S. The fourth-order valence-electron chi connectivity index (χ4n) is 3.57. The van der Waals surface area contributed by atoms with Gasteiger partial charge in [0.2, 0.25) is 10.0 Å². The molecule has 0 radical (unpaired) electrons. The van der Waals surface area contributed by atoms with Gasteiger partial charge in [-0.1, -0.05) is 62.4 Å². The summed E-state index contributed by atoms with van der Waals surface area (Å²) in [5.74, 6) is -0.801. The molecule has 0 aliphatic carbocycles. The molecule has 2 aromatic carbocycles. The third-order valence-electron chi connectivity index (χ3n) is 5.37. The molecule has 1 heterocycles. The van der Waals surface area contributed by atoms with Gasteiger partial charge in [0.05, 0.1) is 9.92 Å². The highest BCUT2D eigenvalue weighted by atomic mass is 35.5. The maximum absolute atomic E-state index is 13.0. The topological polar surface area (TPSA) is 103 Å². The number of carbonyl (C=O) groups excluding carboxylic acids is 1. The maximum Gasteiger partial charge on any atom is 0.336 e. The van der Waals surface area contributed by atoms with Crippen molar-refractivity contribution in [3.8, 4) is 5.75 Å². The zero-order chi connectivity index (χ0) is 24.9. The number of nitrogens with one attached hydrogen (secondary N) is 1. The van der Waals surface area contributed by atoms with Crippen LogP contribution >= 0.6 is 11.6 Å². The SMILES string of the molecule is CCCC[C@H](NS(=O)(=O)c1ccc(C)cc1)C(=O)Oc1cc2oc(=O)cc(CCC)c2cc1Cl. The monoisotopic (exact) mass is 505 g/mol. The standard InChI is InChI=1S/C25H28ClNO6S/c1-4-6-8-21(27-34(30,31)18-11-9-16(3)10-12-18)25(29)33-23-15-22-19(14-20(23)26)17(7-5-2)13-24(28)32-22/h9-15,21,27H,4-8H2,1-3H3/t21-/m0/s1. The van der Waals surface area contributed by atoms with Gasteiger partial charge in [-0.25, -0.2) is 18.0 Å². The lowest BCUT2D eigenvalue weighted by Crippen LogP contribution is -2.43. The lowest BCUT2D eigenvalue weighted by atomic mass is 10.1. The molecule has 0 saturated heterocycles. The van der Waals surface area contributed by atoms with E-state index in [9.17, 15) is 18.0 Å². The molecule has 9 heteroatoms. The van der Waals surface area contributed by atoms with E-state index in [0.717, 1.165) is 24.0 Å². The molecule has 3 aromatic rings. The number of unbranched alkanes of at least 4 members (excludes halogenated alkanes) is 1. The van der Waals surface area contributed by atoms with Crippen LogP contribution in [0.3, 0.4) is 0 Å². The molecule has 1 atom stereocenters. The third-order valence-corrected chi connectivity index (χ3v) is 7.16. The van der Waals surface area contributed by atoms with Crippen molar-refractivity contribution in [2.45, 2.75) is 63.8 Å². The molecule has 34 heavy (non-hydrogen) atoms. The van der Waals surface area contributed by atoms with E-state index in [1.807, 2.05) is 20.8 Å². The molecule has 0 aliphatic heterocycles. The lowest BCUT2D eigenvalue weighted by molar-refractivity contribution is -0.136. The van der Waals surface area contributed by atoms with Gasteiger partial charge in [-0.3, -0.25) is 0 Å². The number of benzene rings is 2. The lowest BCUT2D eigenvalue weighted by Gasteiger charge is -2.18. The van der Waals surface area contributed by atoms with Crippen molar-refractivity contribution in [3.05, 3.63) is 69.0 Å². The van der Waals surface area contributed by atoms with Crippen molar-refractivity contribution in [2.75, 3.05) is 0 Å². The Hall–Kier alpha value is -2.68. The molecule has 0 unspecified atom stereocenters. The fourth-order valence-corrected chi connectivity index (χ4v) is 4.99. The van der Waals surface area contributed by atoms with Crippen LogP contribution in [0, 0.1) is 6.92 Å². The first-order chi connectivity index (χ1) is 16.1. The molecular weight excluding hydrogens is 478 g/mol. The van der Waals surface area contributed by atoms with E-state index in [1.54, 1.807) is 18.2 Å².